The van der Waals surface area contributed by atoms with Gasteiger partial charge in [-0.2, -0.15) is 0 Å². The minimum Gasteiger partial charge on any atom is -0.316 e. The molecule has 2 fully saturated rings. The molecule has 1 atom stereocenters. The van der Waals surface area contributed by atoms with Gasteiger partial charge >= 0.3 is 0 Å². The molecular weight excluding hydrogens is 246 g/mol. The van der Waals surface area contributed by atoms with Crippen LogP contribution in [0.4, 0.5) is 0 Å². The van der Waals surface area contributed by atoms with E-state index in [9.17, 15) is 0 Å². The van der Waals surface area contributed by atoms with Gasteiger partial charge in [-0.15, -0.1) is 0 Å². The SMILES string of the molecule is CCNCC1(CN(C)CC2CCCN2C)CCCCC1. The first kappa shape index (κ1) is 16.3. The first-order valence-electron chi connectivity index (χ1n) is 8.75. The lowest BCUT2D eigenvalue weighted by Crippen LogP contribution is -2.47. The van der Waals surface area contributed by atoms with Crippen LogP contribution < -0.4 is 5.32 Å². The quantitative estimate of drug-likeness (QED) is 0.774. The third-order valence-electron chi connectivity index (χ3n) is 5.46. The van der Waals surface area contributed by atoms with Crippen LogP contribution in [0, 0.1) is 5.41 Å². The van der Waals surface area contributed by atoms with Gasteiger partial charge in [0.25, 0.3) is 0 Å². The summed E-state index contributed by atoms with van der Waals surface area (Å²) in [5.74, 6) is 0. The summed E-state index contributed by atoms with van der Waals surface area (Å²) in [6, 6.07) is 0.791. The lowest BCUT2D eigenvalue weighted by Gasteiger charge is -2.41. The molecule has 0 radical (unpaired) electrons. The lowest BCUT2D eigenvalue weighted by molar-refractivity contribution is 0.103. The molecule has 1 saturated carbocycles. The molecule has 2 rings (SSSR count). The standard InChI is InChI=1S/C17H35N3/c1-4-18-14-17(10-6-5-7-11-17)15-19(2)13-16-9-8-12-20(16)3/h16,18H,4-15H2,1-3H3. The van der Waals surface area contributed by atoms with E-state index in [0.717, 1.165) is 12.6 Å². The predicted molar refractivity (Wildman–Crippen MR) is 87.2 cm³/mol. The van der Waals surface area contributed by atoms with E-state index < -0.39 is 0 Å². The largest absolute Gasteiger partial charge is 0.316 e. The second-order valence-electron chi connectivity index (χ2n) is 7.31. The number of likely N-dealkylation sites (tertiary alicyclic amines) is 1. The van der Waals surface area contributed by atoms with Gasteiger partial charge in [0, 0.05) is 25.7 Å². The summed E-state index contributed by atoms with van der Waals surface area (Å²) < 4.78 is 0. The van der Waals surface area contributed by atoms with Crippen LogP contribution in [0.1, 0.15) is 51.9 Å². The number of nitrogens with one attached hydrogen (secondary N) is 1. The maximum Gasteiger partial charge on any atom is 0.0220 e. The summed E-state index contributed by atoms with van der Waals surface area (Å²) >= 11 is 0. The van der Waals surface area contributed by atoms with Crippen molar-refractivity contribution in [1.29, 1.82) is 0 Å². The predicted octanol–water partition coefficient (Wildman–Crippen LogP) is 2.57. The highest BCUT2D eigenvalue weighted by atomic mass is 15.2. The van der Waals surface area contributed by atoms with Crippen LogP contribution in [0.2, 0.25) is 0 Å². The molecular formula is C17H35N3. The van der Waals surface area contributed by atoms with Crippen LogP contribution in [0.5, 0.6) is 0 Å². The Morgan fingerprint density at radius 3 is 2.55 bits per heavy atom. The summed E-state index contributed by atoms with van der Waals surface area (Å²) in [7, 11) is 4.63. The summed E-state index contributed by atoms with van der Waals surface area (Å²) in [4.78, 5) is 5.17. The number of rotatable bonds is 7. The maximum atomic E-state index is 3.63. The summed E-state index contributed by atoms with van der Waals surface area (Å²) in [6.07, 6.45) is 9.93. The zero-order valence-corrected chi connectivity index (χ0v) is 14.0. The van der Waals surface area contributed by atoms with Crippen LogP contribution >= 0.6 is 0 Å². The average molecular weight is 281 g/mol. The van der Waals surface area contributed by atoms with E-state index in [4.69, 9.17) is 0 Å². The van der Waals surface area contributed by atoms with Gasteiger partial charge in [-0.3, -0.25) is 0 Å². The summed E-state index contributed by atoms with van der Waals surface area (Å²) in [6.45, 7) is 8.38. The van der Waals surface area contributed by atoms with Crippen molar-refractivity contribution in [3.63, 3.8) is 0 Å². The first-order chi connectivity index (χ1) is 9.65. The zero-order valence-electron chi connectivity index (χ0n) is 14.0. The molecule has 0 aromatic heterocycles. The van der Waals surface area contributed by atoms with Crippen molar-refractivity contribution < 1.29 is 0 Å². The molecule has 3 heteroatoms. The van der Waals surface area contributed by atoms with Gasteiger partial charge in [-0.05, 0) is 58.3 Å². The molecule has 1 N–H and O–H groups in total. The van der Waals surface area contributed by atoms with Crippen molar-refractivity contribution in [2.75, 3.05) is 46.8 Å². The van der Waals surface area contributed by atoms with E-state index in [1.165, 1.54) is 71.1 Å². The van der Waals surface area contributed by atoms with Crippen molar-refractivity contribution in [3.05, 3.63) is 0 Å². The summed E-state index contributed by atoms with van der Waals surface area (Å²) in [5, 5.41) is 3.63. The fraction of sp³-hybridized carbons (Fsp3) is 1.00. The topological polar surface area (TPSA) is 18.5 Å². The Labute approximate surface area is 126 Å². The number of likely N-dealkylation sites (N-methyl/N-ethyl adjacent to an activating group) is 2. The molecule has 1 unspecified atom stereocenters. The molecule has 20 heavy (non-hydrogen) atoms. The molecule has 1 heterocycles. The molecule has 0 aromatic rings. The van der Waals surface area contributed by atoms with Crippen LogP contribution in [0.15, 0.2) is 0 Å². The monoisotopic (exact) mass is 281 g/mol. The normalized spacial score (nSPS) is 27.3. The third kappa shape index (κ3) is 4.44. The van der Waals surface area contributed by atoms with Crippen LogP contribution in [0.25, 0.3) is 0 Å². The van der Waals surface area contributed by atoms with E-state index in [0.29, 0.717) is 5.41 Å². The van der Waals surface area contributed by atoms with Gasteiger partial charge in [0.1, 0.15) is 0 Å². The number of hydrogen-bond acceptors (Lipinski definition) is 3. The van der Waals surface area contributed by atoms with Crippen LogP contribution in [-0.4, -0.2) is 62.7 Å². The molecule has 1 saturated heterocycles. The highest BCUT2D eigenvalue weighted by Gasteiger charge is 2.33. The Bertz CT molecular complexity index is 273. The molecule has 1 aliphatic carbocycles. The fourth-order valence-corrected chi connectivity index (χ4v) is 4.29. The van der Waals surface area contributed by atoms with Crippen molar-refractivity contribution in [1.82, 2.24) is 15.1 Å². The molecule has 0 spiro atoms. The van der Waals surface area contributed by atoms with Gasteiger partial charge in [-0.25, -0.2) is 0 Å². The second-order valence-corrected chi connectivity index (χ2v) is 7.31. The Morgan fingerprint density at radius 1 is 1.20 bits per heavy atom. The molecule has 1 aliphatic heterocycles. The molecule has 2 aliphatic rings. The van der Waals surface area contributed by atoms with Crippen molar-refractivity contribution in [3.8, 4) is 0 Å². The number of nitrogens with zero attached hydrogens (tertiary/aromatic N) is 2. The van der Waals surface area contributed by atoms with E-state index >= 15 is 0 Å². The van der Waals surface area contributed by atoms with E-state index in [2.05, 4.69) is 36.1 Å². The molecule has 0 bridgehead atoms. The molecule has 3 nitrogen and oxygen atoms in total. The Morgan fingerprint density at radius 2 is 1.95 bits per heavy atom. The van der Waals surface area contributed by atoms with Crippen molar-refractivity contribution >= 4 is 0 Å². The average Bonchev–Trinajstić information content (AvgIpc) is 2.83. The van der Waals surface area contributed by atoms with Gasteiger partial charge in [-0.1, -0.05) is 26.2 Å². The number of hydrogen-bond donors (Lipinski definition) is 1. The molecule has 118 valence electrons. The molecule has 0 amide bonds. The first-order valence-corrected chi connectivity index (χ1v) is 8.75. The second kappa shape index (κ2) is 7.77. The Hall–Kier alpha value is -0.120. The van der Waals surface area contributed by atoms with Gasteiger partial charge in [0.15, 0.2) is 0 Å². The Kier molecular flexibility index (Phi) is 6.31. The van der Waals surface area contributed by atoms with Gasteiger partial charge in [0.05, 0.1) is 0 Å². The Balaban J connectivity index is 1.85. The highest BCUT2D eigenvalue weighted by molar-refractivity contribution is 4.88. The zero-order chi connectivity index (χ0) is 14.4. The minimum absolute atomic E-state index is 0.542. The lowest BCUT2D eigenvalue weighted by atomic mass is 9.73. The smallest absolute Gasteiger partial charge is 0.0220 e. The van der Waals surface area contributed by atoms with E-state index in [1.807, 2.05) is 0 Å². The minimum atomic E-state index is 0.542. The fourth-order valence-electron chi connectivity index (χ4n) is 4.29. The van der Waals surface area contributed by atoms with Gasteiger partial charge < -0.3 is 15.1 Å². The van der Waals surface area contributed by atoms with Crippen molar-refractivity contribution in [2.24, 2.45) is 5.41 Å². The maximum absolute atomic E-state index is 3.63. The van der Waals surface area contributed by atoms with E-state index in [-0.39, 0.29) is 0 Å². The molecule has 0 aromatic carbocycles. The third-order valence-corrected chi connectivity index (χ3v) is 5.46. The van der Waals surface area contributed by atoms with Crippen LogP contribution in [0.3, 0.4) is 0 Å². The van der Waals surface area contributed by atoms with E-state index in [1.54, 1.807) is 0 Å². The van der Waals surface area contributed by atoms with Crippen molar-refractivity contribution in [2.45, 2.75) is 57.9 Å². The highest BCUT2D eigenvalue weighted by Crippen LogP contribution is 2.36. The van der Waals surface area contributed by atoms with Gasteiger partial charge in [0.2, 0.25) is 0 Å². The van der Waals surface area contributed by atoms with Crippen LogP contribution in [-0.2, 0) is 0 Å². The summed E-state index contributed by atoms with van der Waals surface area (Å²) in [5.41, 5.74) is 0.542.